The van der Waals surface area contributed by atoms with Gasteiger partial charge in [0, 0.05) is 24.8 Å². The smallest absolute Gasteiger partial charge is 0.418 e. The molecule has 1 aliphatic rings. The number of carboxylic acid groups (broad SMARTS) is 1. The summed E-state index contributed by atoms with van der Waals surface area (Å²) < 4.78 is 41.8. The third kappa shape index (κ3) is 4.01. The molecule has 13 heteroatoms. The molecular formula is C20H20F3N7O3. The van der Waals surface area contributed by atoms with Gasteiger partial charge in [0.2, 0.25) is 0 Å². The van der Waals surface area contributed by atoms with Crippen LogP contribution in [0.5, 0.6) is 0 Å². The molecule has 4 N–H and O–H groups in total. The molecule has 0 bridgehead atoms. The van der Waals surface area contributed by atoms with Crippen LogP contribution in [0.4, 0.5) is 23.8 Å². The zero-order chi connectivity index (χ0) is 24.1. The molecule has 0 aromatic carbocycles. The molecule has 2 atom stereocenters. The first-order valence-corrected chi connectivity index (χ1v) is 9.92. The fourth-order valence-corrected chi connectivity index (χ4v) is 3.95. The molecule has 0 spiro atoms. The van der Waals surface area contributed by atoms with E-state index in [-0.39, 0.29) is 47.2 Å². The summed E-state index contributed by atoms with van der Waals surface area (Å²) in [4.78, 5) is 33.2. The molecule has 174 valence electrons. The number of fused-ring (bicyclic) bond motifs is 1. The molecule has 2 amide bonds. The Kier molecular flexibility index (Phi) is 5.34. The van der Waals surface area contributed by atoms with Crippen LogP contribution in [0.2, 0.25) is 0 Å². The number of anilines is 1. The van der Waals surface area contributed by atoms with E-state index in [1.807, 2.05) is 6.92 Å². The van der Waals surface area contributed by atoms with Crippen LogP contribution in [0.3, 0.4) is 0 Å². The number of hydrogen-bond acceptors (Lipinski definition) is 6. The van der Waals surface area contributed by atoms with Gasteiger partial charge in [-0.05, 0) is 25.0 Å². The van der Waals surface area contributed by atoms with Crippen molar-refractivity contribution in [1.82, 2.24) is 29.8 Å². The Morgan fingerprint density at radius 3 is 2.61 bits per heavy atom. The molecule has 4 rings (SSSR count). The highest BCUT2D eigenvalue weighted by molar-refractivity contribution is 5.96. The van der Waals surface area contributed by atoms with Crippen molar-refractivity contribution in [3.05, 3.63) is 41.5 Å². The maximum absolute atomic E-state index is 13.6. The fourth-order valence-electron chi connectivity index (χ4n) is 3.95. The van der Waals surface area contributed by atoms with Crippen molar-refractivity contribution >= 4 is 23.3 Å². The number of amides is 2. The van der Waals surface area contributed by atoms with Crippen LogP contribution < -0.4 is 11.1 Å². The van der Waals surface area contributed by atoms with Crippen LogP contribution in [-0.2, 0) is 6.18 Å². The lowest BCUT2D eigenvalue weighted by atomic mass is 10.0. The lowest BCUT2D eigenvalue weighted by Crippen LogP contribution is -2.40. The number of aromatic nitrogens is 4. The van der Waals surface area contributed by atoms with Crippen LogP contribution in [0.1, 0.15) is 28.5 Å². The number of halogens is 3. The van der Waals surface area contributed by atoms with Crippen molar-refractivity contribution in [3.8, 4) is 11.3 Å². The van der Waals surface area contributed by atoms with Gasteiger partial charge in [-0.1, -0.05) is 6.92 Å². The van der Waals surface area contributed by atoms with Gasteiger partial charge in [0.25, 0.3) is 5.91 Å². The maximum Gasteiger partial charge on any atom is 0.418 e. The first-order valence-electron chi connectivity index (χ1n) is 9.92. The number of nitrogen functional groups attached to an aromatic ring is 1. The van der Waals surface area contributed by atoms with E-state index in [4.69, 9.17) is 5.73 Å². The Balaban J connectivity index is 1.72. The predicted octanol–water partition coefficient (Wildman–Crippen LogP) is 2.43. The number of carbonyl (C=O) groups is 2. The summed E-state index contributed by atoms with van der Waals surface area (Å²) in [6.07, 6.45) is -3.39. The number of alkyl halides is 3. The molecule has 4 heterocycles. The molecule has 0 radical (unpaired) electrons. The van der Waals surface area contributed by atoms with Gasteiger partial charge in [-0.25, -0.2) is 14.3 Å². The number of rotatable bonds is 3. The molecule has 10 nitrogen and oxygen atoms in total. The lowest BCUT2D eigenvalue weighted by Gasteiger charge is -2.17. The second-order valence-electron chi connectivity index (χ2n) is 7.95. The Morgan fingerprint density at radius 2 is 1.97 bits per heavy atom. The molecular weight excluding hydrogens is 443 g/mol. The Hall–Kier alpha value is -3.90. The third-order valence-corrected chi connectivity index (χ3v) is 5.71. The third-order valence-electron chi connectivity index (χ3n) is 5.71. The van der Waals surface area contributed by atoms with Crippen LogP contribution >= 0.6 is 0 Å². The van der Waals surface area contributed by atoms with Crippen molar-refractivity contribution < 1.29 is 27.9 Å². The average molecular weight is 463 g/mol. The fraction of sp³-hybridized carbons (Fsp3) is 0.350. The number of pyridine rings is 1. The van der Waals surface area contributed by atoms with E-state index in [0.29, 0.717) is 5.69 Å². The minimum atomic E-state index is -4.70. The van der Waals surface area contributed by atoms with Crippen LogP contribution in [0.15, 0.2) is 24.7 Å². The van der Waals surface area contributed by atoms with Gasteiger partial charge in [0.15, 0.2) is 5.82 Å². The van der Waals surface area contributed by atoms with E-state index in [1.54, 1.807) is 6.92 Å². The SMILES string of the molecule is Cc1ncc(-c2cc(C(F)(F)F)c3c(N)ncnn23)cc1C(=O)N[C@@H]1CN(C(=O)O)C[C@@H]1C. The number of aryl methyl sites for hydroxylation is 1. The molecule has 0 unspecified atom stereocenters. The quantitative estimate of drug-likeness (QED) is 0.542. The highest BCUT2D eigenvalue weighted by Gasteiger charge is 2.37. The van der Waals surface area contributed by atoms with Gasteiger partial charge in [0.1, 0.15) is 11.8 Å². The first-order chi connectivity index (χ1) is 15.5. The Bertz CT molecular complexity index is 1260. The minimum absolute atomic E-state index is 0.0410. The molecule has 3 aromatic heterocycles. The normalized spacial score (nSPS) is 18.6. The van der Waals surface area contributed by atoms with Crippen molar-refractivity contribution in [1.29, 1.82) is 0 Å². The number of likely N-dealkylation sites (tertiary alicyclic amines) is 1. The molecule has 0 saturated carbocycles. The monoisotopic (exact) mass is 463 g/mol. The van der Waals surface area contributed by atoms with E-state index in [2.05, 4.69) is 20.4 Å². The van der Waals surface area contributed by atoms with E-state index in [1.165, 1.54) is 17.2 Å². The zero-order valence-corrected chi connectivity index (χ0v) is 17.6. The Morgan fingerprint density at radius 1 is 1.24 bits per heavy atom. The molecule has 1 fully saturated rings. The summed E-state index contributed by atoms with van der Waals surface area (Å²) >= 11 is 0. The summed E-state index contributed by atoms with van der Waals surface area (Å²) in [5.41, 5.74) is 5.07. The van der Waals surface area contributed by atoms with Crippen LogP contribution in [-0.4, -0.2) is 60.7 Å². The van der Waals surface area contributed by atoms with E-state index in [0.717, 1.165) is 16.9 Å². The summed E-state index contributed by atoms with van der Waals surface area (Å²) in [6, 6.07) is 1.90. The second kappa shape index (κ2) is 7.90. The van der Waals surface area contributed by atoms with Gasteiger partial charge >= 0.3 is 12.3 Å². The molecule has 0 aliphatic carbocycles. The molecule has 33 heavy (non-hydrogen) atoms. The highest BCUT2D eigenvalue weighted by atomic mass is 19.4. The standard InChI is InChI=1S/C20H20F3N7O3/c1-9-6-29(19(32)33)7-14(9)28-18(31)12-3-11(5-25-10(12)2)15-4-13(20(21,22)23)16-17(24)26-8-27-30(15)16/h3-5,8-9,14H,6-7H2,1-2H3,(H,28,31)(H,32,33)(H2,24,26,27)/t9-,14+/m0/s1. The van der Waals surface area contributed by atoms with Gasteiger partial charge in [-0.3, -0.25) is 9.78 Å². The largest absolute Gasteiger partial charge is 0.465 e. The Labute approximate surface area is 185 Å². The summed E-state index contributed by atoms with van der Waals surface area (Å²) in [5, 5.41) is 15.9. The van der Waals surface area contributed by atoms with E-state index < -0.39 is 29.8 Å². The maximum atomic E-state index is 13.6. The highest BCUT2D eigenvalue weighted by Crippen LogP contribution is 2.38. The van der Waals surface area contributed by atoms with Gasteiger partial charge in [0.05, 0.1) is 28.6 Å². The number of carbonyl (C=O) groups excluding carboxylic acids is 1. The lowest BCUT2D eigenvalue weighted by molar-refractivity contribution is -0.136. The first kappa shape index (κ1) is 22.3. The molecule has 3 aromatic rings. The van der Waals surface area contributed by atoms with Gasteiger partial charge < -0.3 is 21.1 Å². The summed E-state index contributed by atoms with van der Waals surface area (Å²) in [6.45, 7) is 3.85. The number of nitrogens with zero attached hydrogens (tertiary/aromatic N) is 5. The van der Waals surface area contributed by atoms with Gasteiger partial charge in [-0.15, -0.1) is 0 Å². The average Bonchev–Trinajstić information content (AvgIpc) is 3.30. The second-order valence-corrected chi connectivity index (χ2v) is 7.95. The minimum Gasteiger partial charge on any atom is -0.465 e. The van der Waals surface area contributed by atoms with Crippen molar-refractivity contribution in [3.63, 3.8) is 0 Å². The van der Waals surface area contributed by atoms with Gasteiger partial charge in [-0.2, -0.15) is 18.3 Å². The zero-order valence-electron chi connectivity index (χ0n) is 17.6. The van der Waals surface area contributed by atoms with Crippen LogP contribution in [0.25, 0.3) is 16.8 Å². The summed E-state index contributed by atoms with van der Waals surface area (Å²) in [5.74, 6) is -0.943. The topological polar surface area (TPSA) is 139 Å². The van der Waals surface area contributed by atoms with E-state index in [9.17, 15) is 27.9 Å². The number of hydrogen-bond donors (Lipinski definition) is 3. The number of nitrogens with one attached hydrogen (secondary N) is 1. The predicted molar refractivity (Wildman–Crippen MR) is 110 cm³/mol. The van der Waals surface area contributed by atoms with Crippen molar-refractivity contribution in [2.75, 3.05) is 18.8 Å². The number of nitrogens with two attached hydrogens (primary N) is 1. The van der Waals surface area contributed by atoms with E-state index >= 15 is 0 Å². The van der Waals surface area contributed by atoms with Crippen molar-refractivity contribution in [2.45, 2.75) is 26.1 Å². The van der Waals surface area contributed by atoms with Crippen LogP contribution in [0, 0.1) is 12.8 Å². The molecule has 1 aliphatic heterocycles. The summed E-state index contributed by atoms with van der Waals surface area (Å²) in [7, 11) is 0. The molecule has 1 saturated heterocycles. The van der Waals surface area contributed by atoms with Crippen molar-refractivity contribution in [2.24, 2.45) is 5.92 Å².